The third-order valence-electron chi connectivity index (χ3n) is 6.23. The van der Waals surface area contributed by atoms with E-state index in [2.05, 4.69) is 17.6 Å². The molecule has 152 valence electrons. The van der Waals surface area contributed by atoms with Gasteiger partial charge in [0.15, 0.2) is 0 Å². The smallest absolute Gasteiger partial charge is 0.245 e. The van der Waals surface area contributed by atoms with Crippen molar-refractivity contribution in [2.75, 3.05) is 26.7 Å². The molecular weight excluding hydrogens is 350 g/mol. The Balaban J connectivity index is 1.88. The molecule has 2 unspecified atom stereocenters. The molecule has 27 heavy (non-hydrogen) atoms. The van der Waals surface area contributed by atoms with E-state index in [1.807, 2.05) is 0 Å². The largest absolute Gasteiger partial charge is 0.396 e. The quantitative estimate of drug-likeness (QED) is 0.479. The molecule has 0 aliphatic carbocycles. The fourth-order valence-electron chi connectivity index (χ4n) is 5.04. The van der Waals surface area contributed by atoms with Gasteiger partial charge in [-0.25, -0.2) is 0 Å². The van der Waals surface area contributed by atoms with E-state index in [1.54, 1.807) is 11.9 Å². The number of hydrogen-bond donors (Lipinski definition) is 3. The SMILES string of the molecule is CCCCNC(=O)C1N(CCCCO)C(=O)[C@@H]2[C@@H](C(=O)NC)[C@H]3CCC12O3. The zero-order valence-corrected chi connectivity index (χ0v) is 16.2. The van der Waals surface area contributed by atoms with E-state index in [0.29, 0.717) is 38.8 Å². The summed E-state index contributed by atoms with van der Waals surface area (Å²) in [5.41, 5.74) is -0.908. The number of ether oxygens (including phenoxy) is 1. The van der Waals surface area contributed by atoms with Crippen molar-refractivity contribution in [2.45, 2.75) is 63.2 Å². The Labute approximate surface area is 160 Å². The number of hydrogen-bond acceptors (Lipinski definition) is 5. The van der Waals surface area contributed by atoms with Crippen molar-refractivity contribution >= 4 is 17.7 Å². The molecule has 3 aliphatic rings. The van der Waals surface area contributed by atoms with Gasteiger partial charge >= 0.3 is 0 Å². The molecule has 3 heterocycles. The molecule has 5 atom stereocenters. The highest BCUT2D eigenvalue weighted by Gasteiger charge is 2.74. The van der Waals surface area contributed by atoms with Crippen molar-refractivity contribution in [3.63, 3.8) is 0 Å². The lowest BCUT2D eigenvalue weighted by Gasteiger charge is -2.33. The normalized spacial score (nSPS) is 34.0. The highest BCUT2D eigenvalue weighted by atomic mass is 16.5. The van der Waals surface area contributed by atoms with Crippen molar-refractivity contribution in [1.29, 1.82) is 0 Å². The molecule has 3 aliphatic heterocycles. The highest BCUT2D eigenvalue weighted by Crippen LogP contribution is 2.58. The number of likely N-dealkylation sites (tertiary alicyclic amines) is 1. The van der Waals surface area contributed by atoms with Crippen LogP contribution in [0.5, 0.6) is 0 Å². The Kier molecular flexibility index (Phi) is 6.05. The molecule has 8 heteroatoms. The summed E-state index contributed by atoms with van der Waals surface area (Å²) in [6.45, 7) is 3.05. The van der Waals surface area contributed by atoms with E-state index in [1.165, 1.54) is 0 Å². The standard InChI is InChI=1S/C19H31N3O5/c1-3-4-9-21-17(25)15-19-8-7-12(27-19)13(16(24)20-2)14(19)18(26)22(15)10-5-6-11-23/h12-15,23H,3-11H2,1-2H3,(H,20,24)(H,21,25)/t12-,13+,14+,15?,19?/m1/s1. The first kappa shape index (κ1) is 20.1. The summed E-state index contributed by atoms with van der Waals surface area (Å²) in [5, 5.41) is 14.7. The first-order valence-corrected chi connectivity index (χ1v) is 10.1. The van der Waals surface area contributed by atoms with Crippen molar-refractivity contribution in [3.05, 3.63) is 0 Å². The van der Waals surface area contributed by atoms with Crippen LogP contribution in [0, 0.1) is 11.8 Å². The van der Waals surface area contributed by atoms with Gasteiger partial charge in [0, 0.05) is 26.7 Å². The number of nitrogens with one attached hydrogen (secondary N) is 2. The number of fused-ring (bicyclic) bond motifs is 1. The molecular formula is C19H31N3O5. The van der Waals surface area contributed by atoms with Gasteiger partial charge in [-0.05, 0) is 32.1 Å². The Morgan fingerprint density at radius 3 is 2.74 bits per heavy atom. The van der Waals surface area contributed by atoms with E-state index in [-0.39, 0.29) is 30.4 Å². The van der Waals surface area contributed by atoms with Gasteiger partial charge in [-0.2, -0.15) is 0 Å². The third kappa shape index (κ3) is 3.23. The van der Waals surface area contributed by atoms with Gasteiger partial charge in [0.1, 0.15) is 11.6 Å². The van der Waals surface area contributed by atoms with E-state index >= 15 is 0 Å². The first-order valence-electron chi connectivity index (χ1n) is 10.1. The van der Waals surface area contributed by atoms with Gasteiger partial charge < -0.3 is 25.4 Å². The average molecular weight is 381 g/mol. The lowest BCUT2D eigenvalue weighted by molar-refractivity contribution is -0.142. The van der Waals surface area contributed by atoms with Gasteiger partial charge in [0.2, 0.25) is 17.7 Å². The minimum Gasteiger partial charge on any atom is -0.396 e. The topological polar surface area (TPSA) is 108 Å². The molecule has 8 nitrogen and oxygen atoms in total. The van der Waals surface area contributed by atoms with Crippen LogP contribution in [0.4, 0.5) is 0 Å². The molecule has 3 amide bonds. The second-order valence-corrected chi connectivity index (χ2v) is 7.78. The Hall–Kier alpha value is -1.67. The molecule has 3 saturated heterocycles. The van der Waals surface area contributed by atoms with Crippen molar-refractivity contribution < 1.29 is 24.2 Å². The number of carbonyl (C=O) groups excluding carboxylic acids is 3. The predicted octanol–water partition coefficient (Wildman–Crippen LogP) is -0.204. The number of nitrogens with zero attached hydrogens (tertiary/aromatic N) is 1. The van der Waals surface area contributed by atoms with Gasteiger partial charge in [-0.3, -0.25) is 14.4 Å². The molecule has 0 radical (unpaired) electrons. The maximum atomic E-state index is 13.3. The fraction of sp³-hybridized carbons (Fsp3) is 0.842. The number of rotatable bonds is 9. The minimum absolute atomic E-state index is 0.0450. The number of aliphatic hydroxyl groups is 1. The monoisotopic (exact) mass is 381 g/mol. The van der Waals surface area contributed by atoms with E-state index in [9.17, 15) is 14.4 Å². The van der Waals surface area contributed by atoms with Gasteiger partial charge in [-0.1, -0.05) is 13.3 Å². The summed E-state index contributed by atoms with van der Waals surface area (Å²) in [5.74, 6) is -1.69. The van der Waals surface area contributed by atoms with Crippen LogP contribution in [-0.4, -0.2) is 72.2 Å². The van der Waals surface area contributed by atoms with Crippen LogP contribution in [0.3, 0.4) is 0 Å². The number of amides is 3. The van der Waals surface area contributed by atoms with Crippen LogP contribution in [0.2, 0.25) is 0 Å². The zero-order chi connectivity index (χ0) is 19.6. The van der Waals surface area contributed by atoms with Crippen molar-refractivity contribution in [2.24, 2.45) is 11.8 Å². The molecule has 0 aromatic carbocycles. The van der Waals surface area contributed by atoms with Crippen LogP contribution < -0.4 is 10.6 Å². The van der Waals surface area contributed by atoms with E-state index in [4.69, 9.17) is 9.84 Å². The van der Waals surface area contributed by atoms with Gasteiger partial charge in [0.25, 0.3) is 0 Å². The summed E-state index contributed by atoms with van der Waals surface area (Å²) in [7, 11) is 1.56. The Morgan fingerprint density at radius 2 is 2.07 bits per heavy atom. The second kappa shape index (κ2) is 8.14. The highest BCUT2D eigenvalue weighted by molar-refractivity contribution is 5.98. The lowest BCUT2D eigenvalue weighted by atomic mass is 9.70. The number of aliphatic hydroxyl groups excluding tert-OH is 1. The molecule has 3 fully saturated rings. The lowest BCUT2D eigenvalue weighted by Crippen LogP contribution is -2.55. The van der Waals surface area contributed by atoms with Crippen LogP contribution >= 0.6 is 0 Å². The van der Waals surface area contributed by atoms with Crippen LogP contribution in [-0.2, 0) is 19.1 Å². The van der Waals surface area contributed by atoms with Gasteiger partial charge in [0.05, 0.1) is 17.9 Å². The molecule has 0 aromatic heterocycles. The predicted molar refractivity (Wildman–Crippen MR) is 97.6 cm³/mol. The van der Waals surface area contributed by atoms with Gasteiger partial charge in [-0.15, -0.1) is 0 Å². The molecule has 0 saturated carbocycles. The Bertz CT molecular complexity index is 598. The van der Waals surface area contributed by atoms with Crippen LogP contribution in [0.1, 0.15) is 45.4 Å². The third-order valence-corrected chi connectivity index (χ3v) is 6.23. The fourth-order valence-corrected chi connectivity index (χ4v) is 5.04. The van der Waals surface area contributed by atoms with Crippen LogP contribution in [0.25, 0.3) is 0 Å². The summed E-state index contributed by atoms with van der Waals surface area (Å²) < 4.78 is 6.23. The van der Waals surface area contributed by atoms with E-state index < -0.39 is 23.5 Å². The van der Waals surface area contributed by atoms with Crippen LogP contribution in [0.15, 0.2) is 0 Å². The molecule has 0 aromatic rings. The summed E-state index contributed by atoms with van der Waals surface area (Å²) in [4.78, 5) is 40.4. The second-order valence-electron chi connectivity index (χ2n) is 7.78. The Morgan fingerprint density at radius 1 is 1.30 bits per heavy atom. The first-order chi connectivity index (χ1) is 13.0. The summed E-state index contributed by atoms with van der Waals surface area (Å²) >= 11 is 0. The van der Waals surface area contributed by atoms with Crippen molar-refractivity contribution in [3.8, 4) is 0 Å². The summed E-state index contributed by atoms with van der Waals surface area (Å²) in [6, 6.07) is -0.704. The summed E-state index contributed by atoms with van der Waals surface area (Å²) in [6.07, 6.45) is 4.01. The van der Waals surface area contributed by atoms with Crippen molar-refractivity contribution in [1.82, 2.24) is 15.5 Å². The molecule has 3 N–H and O–H groups in total. The molecule has 2 bridgehead atoms. The zero-order valence-electron chi connectivity index (χ0n) is 16.2. The molecule has 1 spiro atoms. The maximum absolute atomic E-state index is 13.3. The average Bonchev–Trinajstić information content (AvgIpc) is 3.29. The number of unbranched alkanes of at least 4 members (excludes halogenated alkanes) is 2. The molecule has 3 rings (SSSR count). The minimum atomic E-state index is -0.908. The van der Waals surface area contributed by atoms with E-state index in [0.717, 1.165) is 12.8 Å². The maximum Gasteiger partial charge on any atom is 0.245 e. The number of carbonyl (C=O) groups is 3.